The van der Waals surface area contributed by atoms with Gasteiger partial charge in [-0.15, -0.1) is 0 Å². The summed E-state index contributed by atoms with van der Waals surface area (Å²) in [5, 5.41) is 0. The second kappa shape index (κ2) is 5.72. The fourth-order valence-electron chi connectivity index (χ4n) is 2.64. The summed E-state index contributed by atoms with van der Waals surface area (Å²) >= 11 is 3.52. The SMILES string of the molecule is CCCn1c(C(C)(C)C)c(N)c(=O)n1-c1ccccc1Br. The Morgan fingerprint density at radius 1 is 1.24 bits per heavy atom. The van der Waals surface area contributed by atoms with Crippen molar-refractivity contribution in [2.75, 3.05) is 5.73 Å². The Kier molecular flexibility index (Phi) is 4.33. The molecule has 21 heavy (non-hydrogen) atoms. The topological polar surface area (TPSA) is 52.9 Å². The van der Waals surface area contributed by atoms with Crippen LogP contribution in [0.3, 0.4) is 0 Å². The van der Waals surface area contributed by atoms with Crippen molar-refractivity contribution < 1.29 is 0 Å². The summed E-state index contributed by atoms with van der Waals surface area (Å²) in [4.78, 5) is 12.7. The molecule has 0 atom stereocenters. The molecule has 114 valence electrons. The predicted molar refractivity (Wildman–Crippen MR) is 91.1 cm³/mol. The normalized spacial score (nSPS) is 11.9. The molecule has 0 aliphatic heterocycles. The number of aromatic nitrogens is 2. The maximum atomic E-state index is 12.7. The summed E-state index contributed by atoms with van der Waals surface area (Å²) in [5.41, 5.74) is 7.85. The lowest BCUT2D eigenvalue weighted by molar-refractivity contribution is 0.452. The van der Waals surface area contributed by atoms with Crippen LogP contribution in [0.25, 0.3) is 5.69 Å². The first-order chi connectivity index (χ1) is 9.79. The van der Waals surface area contributed by atoms with E-state index < -0.39 is 0 Å². The van der Waals surface area contributed by atoms with Gasteiger partial charge in [0.2, 0.25) is 0 Å². The number of rotatable bonds is 3. The van der Waals surface area contributed by atoms with Gasteiger partial charge in [-0.2, -0.15) is 0 Å². The largest absolute Gasteiger partial charge is 0.393 e. The average Bonchev–Trinajstić information content (AvgIpc) is 2.63. The first-order valence-corrected chi connectivity index (χ1v) is 7.95. The Balaban J connectivity index is 2.84. The molecule has 1 aromatic heterocycles. The van der Waals surface area contributed by atoms with Gasteiger partial charge in [-0.25, -0.2) is 4.68 Å². The molecule has 0 bridgehead atoms. The summed E-state index contributed by atoms with van der Waals surface area (Å²) in [5.74, 6) is 0. The Morgan fingerprint density at radius 2 is 1.86 bits per heavy atom. The molecule has 1 aromatic carbocycles. The van der Waals surface area contributed by atoms with Gasteiger partial charge in [0.1, 0.15) is 5.69 Å². The molecule has 0 aliphatic rings. The monoisotopic (exact) mass is 351 g/mol. The second-order valence-corrected chi connectivity index (χ2v) is 7.06. The van der Waals surface area contributed by atoms with Gasteiger partial charge in [0.15, 0.2) is 0 Å². The zero-order valence-corrected chi connectivity index (χ0v) is 14.6. The maximum absolute atomic E-state index is 12.7. The van der Waals surface area contributed by atoms with Crippen LogP contribution in [0.1, 0.15) is 39.8 Å². The van der Waals surface area contributed by atoms with E-state index in [9.17, 15) is 4.79 Å². The molecule has 0 aliphatic carbocycles. The molecular weight excluding hydrogens is 330 g/mol. The van der Waals surface area contributed by atoms with Gasteiger partial charge in [-0.05, 0) is 34.5 Å². The summed E-state index contributed by atoms with van der Waals surface area (Å²) in [7, 11) is 0. The third-order valence-corrected chi connectivity index (χ3v) is 4.07. The van der Waals surface area contributed by atoms with Crippen molar-refractivity contribution in [1.82, 2.24) is 9.36 Å². The summed E-state index contributed by atoms with van der Waals surface area (Å²) in [6.45, 7) is 9.08. The third-order valence-electron chi connectivity index (χ3n) is 3.40. The van der Waals surface area contributed by atoms with E-state index in [-0.39, 0.29) is 11.0 Å². The van der Waals surface area contributed by atoms with Crippen molar-refractivity contribution in [2.24, 2.45) is 0 Å². The van der Waals surface area contributed by atoms with E-state index in [0.29, 0.717) is 5.69 Å². The summed E-state index contributed by atoms with van der Waals surface area (Å²) in [6, 6.07) is 7.70. The van der Waals surface area contributed by atoms with E-state index in [0.717, 1.165) is 28.8 Å². The van der Waals surface area contributed by atoms with Gasteiger partial charge < -0.3 is 5.73 Å². The molecule has 0 amide bonds. The van der Waals surface area contributed by atoms with Crippen LogP contribution < -0.4 is 11.3 Å². The van der Waals surface area contributed by atoms with Crippen LogP contribution in [0.15, 0.2) is 33.5 Å². The minimum Gasteiger partial charge on any atom is -0.393 e. The molecule has 0 radical (unpaired) electrons. The fraction of sp³-hybridized carbons (Fsp3) is 0.438. The summed E-state index contributed by atoms with van der Waals surface area (Å²) < 4.78 is 4.57. The van der Waals surface area contributed by atoms with Crippen LogP contribution >= 0.6 is 15.9 Å². The Morgan fingerprint density at radius 3 is 2.38 bits per heavy atom. The molecule has 2 N–H and O–H groups in total. The molecule has 1 heterocycles. The van der Waals surface area contributed by atoms with Crippen LogP contribution in [-0.2, 0) is 12.0 Å². The first-order valence-electron chi connectivity index (χ1n) is 7.15. The maximum Gasteiger partial charge on any atom is 0.294 e. The van der Waals surface area contributed by atoms with E-state index in [1.165, 1.54) is 0 Å². The lowest BCUT2D eigenvalue weighted by Gasteiger charge is -2.23. The standard InChI is InChI=1S/C16H22BrN3O/c1-5-10-19-14(16(2,3)4)13(18)15(21)20(19)12-9-7-6-8-11(12)17/h6-9H,5,10,18H2,1-4H3. The highest BCUT2D eigenvalue weighted by Crippen LogP contribution is 2.29. The van der Waals surface area contributed by atoms with Crippen molar-refractivity contribution in [1.29, 1.82) is 0 Å². The van der Waals surface area contributed by atoms with Crippen LogP contribution in [0.4, 0.5) is 5.69 Å². The Bertz CT molecular complexity index is 707. The molecular formula is C16H22BrN3O. The number of benzene rings is 1. The van der Waals surface area contributed by atoms with E-state index in [4.69, 9.17) is 5.73 Å². The molecule has 0 unspecified atom stereocenters. The van der Waals surface area contributed by atoms with E-state index in [1.54, 1.807) is 4.68 Å². The number of nitrogen functional groups attached to an aromatic ring is 1. The van der Waals surface area contributed by atoms with Crippen LogP contribution in [0.5, 0.6) is 0 Å². The van der Waals surface area contributed by atoms with Gasteiger partial charge in [0, 0.05) is 16.4 Å². The lowest BCUT2D eigenvalue weighted by atomic mass is 9.91. The number of hydrogen-bond acceptors (Lipinski definition) is 2. The van der Waals surface area contributed by atoms with Crippen molar-refractivity contribution in [3.63, 3.8) is 0 Å². The Labute approximate surface area is 133 Å². The first kappa shape index (κ1) is 15.9. The fourth-order valence-corrected chi connectivity index (χ4v) is 3.09. The minimum absolute atomic E-state index is 0.153. The van der Waals surface area contributed by atoms with Crippen molar-refractivity contribution >= 4 is 21.6 Å². The van der Waals surface area contributed by atoms with Gasteiger partial charge in [-0.3, -0.25) is 9.48 Å². The second-order valence-electron chi connectivity index (χ2n) is 6.20. The number of anilines is 1. The molecule has 0 fully saturated rings. The Hall–Kier alpha value is -1.49. The minimum atomic E-state index is -0.190. The van der Waals surface area contributed by atoms with E-state index in [1.807, 2.05) is 28.9 Å². The zero-order chi connectivity index (χ0) is 15.8. The molecule has 5 heteroatoms. The highest BCUT2D eigenvalue weighted by Gasteiger charge is 2.28. The third kappa shape index (κ3) is 2.79. The van der Waals surface area contributed by atoms with Gasteiger partial charge >= 0.3 is 0 Å². The molecule has 2 rings (SSSR count). The van der Waals surface area contributed by atoms with Crippen LogP contribution in [-0.4, -0.2) is 9.36 Å². The highest BCUT2D eigenvalue weighted by atomic mass is 79.9. The van der Waals surface area contributed by atoms with Crippen LogP contribution in [0, 0.1) is 0 Å². The predicted octanol–water partition coefficient (Wildman–Crippen LogP) is 3.69. The van der Waals surface area contributed by atoms with Crippen LogP contribution in [0.2, 0.25) is 0 Å². The average molecular weight is 352 g/mol. The molecule has 4 nitrogen and oxygen atoms in total. The van der Waals surface area contributed by atoms with Gasteiger partial charge in [0.05, 0.1) is 11.4 Å². The quantitative estimate of drug-likeness (QED) is 0.916. The zero-order valence-electron chi connectivity index (χ0n) is 13.0. The number of hydrogen-bond donors (Lipinski definition) is 1. The molecule has 0 saturated carbocycles. The number of nitrogens with two attached hydrogens (primary N) is 1. The molecule has 2 aromatic rings. The molecule has 0 saturated heterocycles. The van der Waals surface area contributed by atoms with E-state index in [2.05, 4.69) is 43.6 Å². The van der Waals surface area contributed by atoms with Crippen molar-refractivity contribution in [2.45, 2.75) is 46.1 Å². The van der Waals surface area contributed by atoms with Gasteiger partial charge in [-0.1, -0.05) is 39.8 Å². The number of para-hydroxylation sites is 1. The van der Waals surface area contributed by atoms with Crippen molar-refractivity contribution in [3.05, 3.63) is 44.8 Å². The number of nitrogens with zero attached hydrogens (tertiary/aromatic N) is 2. The summed E-state index contributed by atoms with van der Waals surface area (Å²) in [6.07, 6.45) is 0.932. The number of halogens is 1. The van der Waals surface area contributed by atoms with Crippen molar-refractivity contribution in [3.8, 4) is 5.69 Å². The lowest BCUT2D eigenvalue weighted by Crippen LogP contribution is -2.25. The highest BCUT2D eigenvalue weighted by molar-refractivity contribution is 9.10. The smallest absolute Gasteiger partial charge is 0.294 e. The van der Waals surface area contributed by atoms with E-state index >= 15 is 0 Å². The van der Waals surface area contributed by atoms with Gasteiger partial charge in [0.25, 0.3) is 5.56 Å². The molecule has 0 spiro atoms.